The van der Waals surface area contributed by atoms with Crippen LogP contribution in [0, 0.1) is 6.92 Å². The van der Waals surface area contributed by atoms with Gasteiger partial charge in [0.15, 0.2) is 0 Å². The van der Waals surface area contributed by atoms with E-state index < -0.39 is 0 Å². The number of aromatic nitrogens is 1. The van der Waals surface area contributed by atoms with Crippen molar-refractivity contribution in [2.75, 3.05) is 0 Å². The van der Waals surface area contributed by atoms with E-state index in [1.165, 1.54) is 16.9 Å². The third-order valence-corrected chi connectivity index (χ3v) is 4.59. The van der Waals surface area contributed by atoms with Crippen LogP contribution >= 0.6 is 22.9 Å². The van der Waals surface area contributed by atoms with Crippen LogP contribution in [0.5, 0.6) is 0 Å². The largest absolute Gasteiger partial charge is 0.445 e. The zero-order chi connectivity index (χ0) is 12.5. The van der Waals surface area contributed by atoms with Gasteiger partial charge in [0, 0.05) is 10.9 Å². The molecule has 0 radical (unpaired) electrons. The minimum atomic E-state index is 0.379. The Morgan fingerprint density at radius 1 is 1.61 bits per heavy atom. The molecule has 1 aliphatic carbocycles. The number of fused-ring (bicyclic) bond motifs is 1. The van der Waals surface area contributed by atoms with Crippen LogP contribution in [-0.4, -0.2) is 4.98 Å². The predicted octanol–water partition coefficient (Wildman–Crippen LogP) is 3.87. The molecule has 3 nitrogen and oxygen atoms in total. The van der Waals surface area contributed by atoms with Gasteiger partial charge in [-0.1, -0.05) is 11.6 Å². The third kappa shape index (κ3) is 2.46. The summed E-state index contributed by atoms with van der Waals surface area (Å²) >= 11 is 7.80. The first kappa shape index (κ1) is 12.2. The van der Waals surface area contributed by atoms with Gasteiger partial charge in [0.2, 0.25) is 5.89 Å². The standard InChI is InChI=1S/C13H15ClN2OS/c1-8-6-16-13(17-8)7-15-10-3-2-4-11-9(10)5-12(14)18-11/h5-6,10,15H,2-4,7H2,1H3. The normalized spacial score (nSPS) is 18.9. The van der Waals surface area contributed by atoms with E-state index in [-0.39, 0.29) is 0 Å². The molecule has 1 unspecified atom stereocenters. The lowest BCUT2D eigenvalue weighted by Crippen LogP contribution is -2.23. The Bertz CT molecular complexity index is 549. The van der Waals surface area contributed by atoms with Gasteiger partial charge in [-0.25, -0.2) is 4.98 Å². The summed E-state index contributed by atoms with van der Waals surface area (Å²) in [7, 11) is 0. The Balaban J connectivity index is 1.70. The maximum atomic E-state index is 6.10. The van der Waals surface area contributed by atoms with E-state index in [1.54, 1.807) is 17.5 Å². The molecule has 1 aliphatic rings. The molecule has 0 fully saturated rings. The lowest BCUT2D eigenvalue weighted by atomic mass is 9.94. The monoisotopic (exact) mass is 282 g/mol. The van der Waals surface area contributed by atoms with Gasteiger partial charge >= 0.3 is 0 Å². The smallest absolute Gasteiger partial charge is 0.208 e. The second-order valence-electron chi connectivity index (χ2n) is 4.62. The molecule has 0 aliphatic heterocycles. The van der Waals surface area contributed by atoms with Crippen molar-refractivity contribution in [2.45, 2.75) is 38.8 Å². The molecular weight excluding hydrogens is 268 g/mol. The molecule has 0 saturated carbocycles. The highest BCUT2D eigenvalue weighted by Gasteiger charge is 2.22. The summed E-state index contributed by atoms with van der Waals surface area (Å²) in [5.74, 6) is 1.61. The van der Waals surface area contributed by atoms with Crippen LogP contribution in [-0.2, 0) is 13.0 Å². The molecule has 2 aromatic heterocycles. The first-order valence-electron chi connectivity index (χ1n) is 6.15. The fraction of sp³-hybridized carbons (Fsp3) is 0.462. The van der Waals surface area contributed by atoms with Crippen molar-refractivity contribution in [3.8, 4) is 0 Å². The molecule has 18 heavy (non-hydrogen) atoms. The molecule has 0 saturated heterocycles. The zero-order valence-electron chi connectivity index (χ0n) is 10.2. The fourth-order valence-corrected chi connectivity index (χ4v) is 3.81. The van der Waals surface area contributed by atoms with E-state index in [2.05, 4.69) is 16.4 Å². The van der Waals surface area contributed by atoms with Crippen LogP contribution in [0.2, 0.25) is 4.34 Å². The third-order valence-electron chi connectivity index (χ3n) is 3.25. The number of hydrogen-bond donors (Lipinski definition) is 1. The number of thiophene rings is 1. The van der Waals surface area contributed by atoms with E-state index in [0.717, 1.165) is 28.8 Å². The first-order chi connectivity index (χ1) is 8.72. The topological polar surface area (TPSA) is 38.1 Å². The summed E-state index contributed by atoms with van der Waals surface area (Å²) in [6.45, 7) is 2.58. The Labute approximate surface area is 115 Å². The van der Waals surface area contributed by atoms with Gasteiger partial charge in [-0.3, -0.25) is 0 Å². The summed E-state index contributed by atoms with van der Waals surface area (Å²) < 4.78 is 6.36. The SMILES string of the molecule is Cc1cnc(CNC2CCCc3sc(Cl)cc32)o1. The molecule has 0 bridgehead atoms. The molecule has 0 aromatic carbocycles. The van der Waals surface area contributed by atoms with Gasteiger partial charge in [-0.05, 0) is 37.8 Å². The molecule has 3 rings (SSSR count). The minimum Gasteiger partial charge on any atom is -0.445 e. The highest BCUT2D eigenvalue weighted by molar-refractivity contribution is 7.16. The lowest BCUT2D eigenvalue weighted by molar-refractivity contribution is 0.402. The summed E-state index contributed by atoms with van der Waals surface area (Å²) in [6, 6.07) is 2.48. The van der Waals surface area contributed by atoms with Crippen molar-refractivity contribution in [3.63, 3.8) is 0 Å². The number of nitrogens with one attached hydrogen (secondary N) is 1. The van der Waals surface area contributed by atoms with Gasteiger partial charge in [-0.15, -0.1) is 11.3 Å². The Kier molecular flexibility index (Phi) is 3.41. The maximum absolute atomic E-state index is 6.10. The number of nitrogens with zero attached hydrogens (tertiary/aromatic N) is 1. The Hall–Kier alpha value is -0.840. The van der Waals surface area contributed by atoms with Crippen LogP contribution in [0.4, 0.5) is 0 Å². The highest BCUT2D eigenvalue weighted by atomic mass is 35.5. The Morgan fingerprint density at radius 3 is 3.28 bits per heavy atom. The summed E-state index contributed by atoms with van der Waals surface area (Å²) in [5.41, 5.74) is 1.36. The lowest BCUT2D eigenvalue weighted by Gasteiger charge is -2.23. The first-order valence-corrected chi connectivity index (χ1v) is 7.34. The molecule has 0 spiro atoms. The molecule has 2 aromatic rings. The van der Waals surface area contributed by atoms with Crippen molar-refractivity contribution in [3.05, 3.63) is 38.7 Å². The van der Waals surface area contributed by atoms with E-state index >= 15 is 0 Å². The second-order valence-corrected chi connectivity index (χ2v) is 6.39. The summed E-state index contributed by atoms with van der Waals surface area (Å²) in [6.07, 6.45) is 5.28. The summed E-state index contributed by atoms with van der Waals surface area (Å²) in [5, 5.41) is 3.51. The van der Waals surface area contributed by atoms with Crippen LogP contribution in [0.25, 0.3) is 0 Å². The van der Waals surface area contributed by atoms with Crippen molar-refractivity contribution < 1.29 is 4.42 Å². The van der Waals surface area contributed by atoms with Gasteiger partial charge in [0.25, 0.3) is 0 Å². The molecule has 96 valence electrons. The van der Waals surface area contributed by atoms with Gasteiger partial charge in [0.1, 0.15) is 5.76 Å². The number of halogens is 1. The van der Waals surface area contributed by atoms with Crippen molar-refractivity contribution in [1.29, 1.82) is 0 Å². The van der Waals surface area contributed by atoms with Crippen LogP contribution in [0.15, 0.2) is 16.7 Å². The van der Waals surface area contributed by atoms with Crippen molar-refractivity contribution in [2.24, 2.45) is 0 Å². The van der Waals surface area contributed by atoms with Crippen molar-refractivity contribution >= 4 is 22.9 Å². The Morgan fingerprint density at radius 2 is 2.50 bits per heavy atom. The van der Waals surface area contributed by atoms with E-state index in [1.807, 2.05) is 6.92 Å². The van der Waals surface area contributed by atoms with Crippen molar-refractivity contribution in [1.82, 2.24) is 10.3 Å². The van der Waals surface area contributed by atoms with Crippen LogP contribution in [0.1, 0.15) is 41.0 Å². The number of hydrogen-bond acceptors (Lipinski definition) is 4. The second kappa shape index (κ2) is 5.03. The highest BCUT2D eigenvalue weighted by Crippen LogP contribution is 2.37. The van der Waals surface area contributed by atoms with Gasteiger partial charge in [0.05, 0.1) is 17.1 Å². The summed E-state index contributed by atoms with van der Waals surface area (Å²) in [4.78, 5) is 5.63. The number of rotatable bonds is 3. The van der Waals surface area contributed by atoms with E-state index in [0.29, 0.717) is 12.6 Å². The molecule has 1 atom stereocenters. The van der Waals surface area contributed by atoms with E-state index in [4.69, 9.17) is 16.0 Å². The fourth-order valence-electron chi connectivity index (χ4n) is 2.43. The molecule has 2 heterocycles. The minimum absolute atomic E-state index is 0.379. The maximum Gasteiger partial charge on any atom is 0.208 e. The average Bonchev–Trinajstić information content (AvgIpc) is 2.91. The quantitative estimate of drug-likeness (QED) is 0.929. The molecule has 1 N–H and O–H groups in total. The molecule has 0 amide bonds. The predicted molar refractivity (Wildman–Crippen MR) is 73.1 cm³/mol. The van der Waals surface area contributed by atoms with E-state index in [9.17, 15) is 0 Å². The van der Waals surface area contributed by atoms with Crippen LogP contribution < -0.4 is 5.32 Å². The average molecular weight is 283 g/mol. The van der Waals surface area contributed by atoms with Gasteiger partial charge < -0.3 is 9.73 Å². The van der Waals surface area contributed by atoms with Crippen LogP contribution in [0.3, 0.4) is 0 Å². The molecule has 5 heteroatoms. The zero-order valence-corrected chi connectivity index (χ0v) is 11.8. The number of oxazole rings is 1. The van der Waals surface area contributed by atoms with Gasteiger partial charge in [-0.2, -0.15) is 0 Å². The molecular formula is C13H15ClN2OS. The number of aryl methyl sites for hydroxylation is 2.